The minimum atomic E-state index is -0.871. The minimum absolute atomic E-state index is 0.871. The predicted octanol–water partition coefficient (Wildman–Crippen LogP) is 4.32. The Hall–Kier alpha value is -0.0431. The van der Waals surface area contributed by atoms with Crippen LogP contribution in [0.2, 0.25) is 25.2 Å². The van der Waals surface area contributed by atoms with Gasteiger partial charge in [-0.3, -0.25) is 0 Å². The van der Waals surface area contributed by atoms with Gasteiger partial charge in [-0.15, -0.1) is 0 Å². The van der Waals surface area contributed by atoms with Crippen molar-refractivity contribution in [3.05, 3.63) is 12.2 Å². The molecule has 0 aromatic heterocycles. The summed E-state index contributed by atoms with van der Waals surface area (Å²) in [5.41, 5.74) is 1.06. The van der Waals surface area contributed by atoms with Crippen molar-refractivity contribution in [1.29, 1.82) is 0 Å². The average molecular weight is 196 g/mol. The molecule has 0 nitrogen and oxygen atoms in total. The van der Waals surface area contributed by atoms with E-state index in [9.17, 15) is 0 Å². The fraction of sp³-hybridized carbons (Fsp3) is 0.833. The van der Waals surface area contributed by atoms with Gasteiger partial charge in [0.15, 0.2) is 0 Å². The quantitative estimate of drug-likeness (QED) is 0.456. The predicted molar refractivity (Wildman–Crippen MR) is 63.8 cm³/mol. The lowest BCUT2D eigenvalue weighted by Gasteiger charge is -2.24. The van der Waals surface area contributed by atoms with Gasteiger partial charge in [0, 0.05) is 8.07 Å². The summed E-state index contributed by atoms with van der Waals surface area (Å²) in [6, 6.07) is 0. The first-order valence-electron chi connectivity index (χ1n) is 5.58. The maximum absolute atomic E-state index is 2.52. The lowest BCUT2D eigenvalue weighted by atomic mass is 9.98. The Kier molecular flexibility index (Phi) is 3.39. The smallest absolute Gasteiger partial charge is 0.0474 e. The van der Waals surface area contributed by atoms with E-state index in [1.54, 1.807) is 0 Å². The molecular formula is C12H24Si. The Morgan fingerprint density at radius 1 is 1.15 bits per heavy atom. The largest absolute Gasteiger partial charge is 0.0914 e. The van der Waals surface area contributed by atoms with Crippen LogP contribution in [0.5, 0.6) is 0 Å². The van der Waals surface area contributed by atoms with Crippen LogP contribution in [0.3, 0.4) is 0 Å². The topological polar surface area (TPSA) is 0 Å². The Labute approximate surface area is 84.4 Å². The van der Waals surface area contributed by atoms with Gasteiger partial charge in [-0.25, -0.2) is 0 Å². The zero-order valence-electron chi connectivity index (χ0n) is 9.80. The summed E-state index contributed by atoms with van der Waals surface area (Å²) in [4.78, 5) is 0. The molecule has 0 aromatic rings. The Bertz CT molecular complexity index is 188. The van der Waals surface area contributed by atoms with Crippen molar-refractivity contribution in [2.75, 3.05) is 0 Å². The lowest BCUT2D eigenvalue weighted by Crippen LogP contribution is -2.26. The average Bonchev–Trinajstić information content (AvgIpc) is 2.32. The molecule has 1 aliphatic carbocycles. The molecular weight excluding hydrogens is 172 g/mol. The van der Waals surface area contributed by atoms with Crippen LogP contribution in [0.25, 0.3) is 0 Å². The second kappa shape index (κ2) is 3.99. The molecule has 0 radical (unpaired) electrons. The van der Waals surface area contributed by atoms with Gasteiger partial charge in [-0.2, -0.15) is 0 Å². The van der Waals surface area contributed by atoms with Crippen LogP contribution in [-0.4, -0.2) is 8.07 Å². The van der Waals surface area contributed by atoms with E-state index < -0.39 is 8.07 Å². The SMILES string of the molecule is CC=CC1CC([Si](C)(C)C)CC1C. The summed E-state index contributed by atoms with van der Waals surface area (Å²) in [6.07, 6.45) is 7.59. The highest BCUT2D eigenvalue weighted by Gasteiger charge is 2.37. The molecule has 0 aliphatic heterocycles. The Morgan fingerprint density at radius 2 is 1.77 bits per heavy atom. The van der Waals surface area contributed by atoms with E-state index in [0.717, 1.165) is 17.4 Å². The summed E-state index contributed by atoms with van der Waals surface area (Å²) in [7, 11) is -0.871. The van der Waals surface area contributed by atoms with Crippen molar-refractivity contribution < 1.29 is 0 Å². The first kappa shape index (κ1) is 11.0. The molecule has 0 amide bonds. The van der Waals surface area contributed by atoms with Crippen molar-refractivity contribution in [1.82, 2.24) is 0 Å². The molecule has 76 valence electrons. The first-order valence-corrected chi connectivity index (χ1v) is 9.15. The monoisotopic (exact) mass is 196 g/mol. The third-order valence-electron chi connectivity index (χ3n) is 3.61. The first-order chi connectivity index (χ1) is 5.95. The number of rotatable bonds is 2. The van der Waals surface area contributed by atoms with Gasteiger partial charge < -0.3 is 0 Å². The van der Waals surface area contributed by atoms with Crippen molar-refractivity contribution in [2.45, 2.75) is 51.9 Å². The van der Waals surface area contributed by atoms with Crippen LogP contribution in [-0.2, 0) is 0 Å². The molecule has 0 bridgehead atoms. The van der Waals surface area contributed by atoms with Crippen LogP contribution >= 0.6 is 0 Å². The third kappa shape index (κ3) is 2.70. The summed E-state index contributed by atoms with van der Waals surface area (Å²) in [5.74, 6) is 1.80. The Morgan fingerprint density at radius 3 is 2.15 bits per heavy atom. The van der Waals surface area contributed by atoms with Crippen molar-refractivity contribution >= 4 is 8.07 Å². The molecule has 0 N–H and O–H groups in total. The van der Waals surface area contributed by atoms with Crippen LogP contribution < -0.4 is 0 Å². The zero-order chi connectivity index (χ0) is 10.1. The molecule has 1 rings (SSSR count). The van der Waals surface area contributed by atoms with Gasteiger partial charge in [0.05, 0.1) is 0 Å². The second-order valence-corrected chi connectivity index (χ2v) is 11.2. The van der Waals surface area contributed by atoms with E-state index in [0.29, 0.717) is 0 Å². The second-order valence-electron chi connectivity index (χ2n) is 5.70. The van der Waals surface area contributed by atoms with E-state index in [-0.39, 0.29) is 0 Å². The maximum Gasteiger partial charge on any atom is 0.0474 e. The van der Waals surface area contributed by atoms with Gasteiger partial charge in [0.1, 0.15) is 0 Å². The van der Waals surface area contributed by atoms with Gasteiger partial charge in [0.25, 0.3) is 0 Å². The summed E-state index contributed by atoms with van der Waals surface area (Å²) >= 11 is 0. The van der Waals surface area contributed by atoms with Crippen LogP contribution in [0.4, 0.5) is 0 Å². The highest BCUT2D eigenvalue weighted by Crippen LogP contribution is 2.45. The normalized spacial score (nSPS) is 35.9. The van der Waals surface area contributed by atoms with E-state index >= 15 is 0 Å². The molecule has 0 heterocycles. The third-order valence-corrected chi connectivity index (χ3v) is 6.53. The molecule has 1 heteroatoms. The molecule has 1 fully saturated rings. The van der Waals surface area contributed by atoms with Crippen molar-refractivity contribution in [2.24, 2.45) is 11.8 Å². The van der Waals surface area contributed by atoms with Crippen LogP contribution in [0.1, 0.15) is 26.7 Å². The fourth-order valence-corrected chi connectivity index (χ4v) is 4.56. The van der Waals surface area contributed by atoms with Gasteiger partial charge in [-0.05, 0) is 37.1 Å². The molecule has 13 heavy (non-hydrogen) atoms. The van der Waals surface area contributed by atoms with Crippen molar-refractivity contribution in [3.63, 3.8) is 0 Å². The molecule has 0 saturated heterocycles. The highest BCUT2D eigenvalue weighted by molar-refractivity contribution is 6.77. The van der Waals surface area contributed by atoms with E-state index in [1.807, 2.05) is 0 Å². The molecule has 1 aliphatic rings. The van der Waals surface area contributed by atoms with Gasteiger partial charge >= 0.3 is 0 Å². The van der Waals surface area contributed by atoms with Crippen molar-refractivity contribution in [3.8, 4) is 0 Å². The summed E-state index contributed by atoms with van der Waals surface area (Å²) < 4.78 is 0. The molecule has 1 saturated carbocycles. The molecule has 0 spiro atoms. The van der Waals surface area contributed by atoms with E-state index in [4.69, 9.17) is 0 Å². The lowest BCUT2D eigenvalue weighted by molar-refractivity contribution is 0.503. The van der Waals surface area contributed by atoms with E-state index in [1.165, 1.54) is 12.8 Å². The minimum Gasteiger partial charge on any atom is -0.0914 e. The summed E-state index contributed by atoms with van der Waals surface area (Å²) in [6.45, 7) is 12.1. The molecule has 3 atom stereocenters. The van der Waals surface area contributed by atoms with Crippen LogP contribution in [0.15, 0.2) is 12.2 Å². The van der Waals surface area contributed by atoms with Crippen LogP contribution in [0, 0.1) is 11.8 Å². The van der Waals surface area contributed by atoms with E-state index in [2.05, 4.69) is 45.6 Å². The molecule has 3 unspecified atom stereocenters. The zero-order valence-corrected chi connectivity index (χ0v) is 10.8. The fourth-order valence-electron chi connectivity index (χ4n) is 2.50. The Balaban J connectivity index is 2.60. The number of hydrogen-bond donors (Lipinski definition) is 0. The summed E-state index contributed by atoms with van der Waals surface area (Å²) in [5, 5.41) is 0. The number of hydrogen-bond acceptors (Lipinski definition) is 0. The maximum atomic E-state index is 2.52. The number of allylic oxidation sites excluding steroid dienone is 2. The highest BCUT2D eigenvalue weighted by atomic mass is 28.3. The standard InChI is InChI=1S/C12H24Si/c1-6-7-11-9-12(8-10(11)2)13(3,4)5/h6-7,10-12H,8-9H2,1-5H3. The molecule has 0 aromatic carbocycles. The van der Waals surface area contributed by atoms with Gasteiger partial charge in [-0.1, -0.05) is 38.7 Å². The van der Waals surface area contributed by atoms with Gasteiger partial charge in [0.2, 0.25) is 0 Å².